The van der Waals surface area contributed by atoms with E-state index in [1.807, 2.05) is 0 Å². The van der Waals surface area contributed by atoms with E-state index in [1.54, 1.807) is 0 Å². The first-order valence-corrected chi connectivity index (χ1v) is 7.00. The minimum atomic E-state index is 0.193. The van der Waals surface area contributed by atoms with Crippen molar-refractivity contribution in [2.75, 3.05) is 13.1 Å². The minimum Gasteiger partial charge on any atom is -0.388 e. The van der Waals surface area contributed by atoms with Gasteiger partial charge in [-0.15, -0.1) is 0 Å². The van der Waals surface area contributed by atoms with Gasteiger partial charge in [0.1, 0.15) is 5.78 Å². The molecule has 3 aliphatic heterocycles. The third-order valence-electron chi connectivity index (χ3n) is 5.63. The summed E-state index contributed by atoms with van der Waals surface area (Å²) in [6.45, 7) is 2.40. The first kappa shape index (κ1) is 10.1. The van der Waals surface area contributed by atoms with Crippen molar-refractivity contribution in [3.63, 3.8) is 0 Å². The number of nitrogens with one attached hydrogen (secondary N) is 1. The molecule has 1 saturated carbocycles. The summed E-state index contributed by atoms with van der Waals surface area (Å²) in [7, 11) is 0. The van der Waals surface area contributed by atoms with Gasteiger partial charge in [-0.1, -0.05) is 6.08 Å². The molecule has 92 valence electrons. The third kappa shape index (κ3) is 1.18. The van der Waals surface area contributed by atoms with Crippen molar-refractivity contribution in [3.05, 3.63) is 12.3 Å². The molecule has 1 N–H and O–H groups in total. The molecule has 3 fully saturated rings. The summed E-state index contributed by atoms with van der Waals surface area (Å²) in [6, 6.07) is 0.595. The molecule has 0 radical (unpaired) electrons. The van der Waals surface area contributed by atoms with Crippen LogP contribution in [0.1, 0.15) is 32.1 Å². The summed E-state index contributed by atoms with van der Waals surface area (Å²) in [5, 5.41) is 3.50. The van der Waals surface area contributed by atoms with Gasteiger partial charge < -0.3 is 5.32 Å². The number of ketones is 1. The van der Waals surface area contributed by atoms with Crippen molar-refractivity contribution in [2.45, 2.75) is 43.7 Å². The van der Waals surface area contributed by atoms with Gasteiger partial charge >= 0.3 is 0 Å². The zero-order valence-corrected chi connectivity index (χ0v) is 10.2. The van der Waals surface area contributed by atoms with E-state index in [0.29, 0.717) is 17.7 Å². The topological polar surface area (TPSA) is 32.3 Å². The van der Waals surface area contributed by atoms with Crippen LogP contribution in [0.3, 0.4) is 0 Å². The Bertz CT molecular complexity index is 384. The fourth-order valence-electron chi connectivity index (χ4n) is 4.93. The highest BCUT2D eigenvalue weighted by atomic mass is 16.1. The van der Waals surface area contributed by atoms with Crippen LogP contribution in [0, 0.1) is 11.8 Å². The lowest BCUT2D eigenvalue weighted by atomic mass is 9.62. The van der Waals surface area contributed by atoms with E-state index in [1.165, 1.54) is 25.9 Å². The van der Waals surface area contributed by atoms with Crippen LogP contribution in [0.5, 0.6) is 0 Å². The van der Waals surface area contributed by atoms with Crippen LogP contribution in [-0.4, -0.2) is 35.4 Å². The monoisotopic (exact) mass is 232 g/mol. The number of Topliss-reactive ketones (excluding diaryl/α,β-unsaturated/α-hetero) is 1. The molecule has 1 aliphatic carbocycles. The smallest absolute Gasteiger partial charge is 0.134 e. The van der Waals surface area contributed by atoms with E-state index in [9.17, 15) is 4.79 Å². The number of piperidine rings is 1. The van der Waals surface area contributed by atoms with E-state index in [-0.39, 0.29) is 5.54 Å². The standard InChI is InChI=1S/C14H20N2O/c17-11-2-1-10-4-7-16-8-5-13-12(3-6-15-13)14(10,16)9-11/h3,6,10,12-13,15H,1-2,4-5,7-9H2. The van der Waals surface area contributed by atoms with Gasteiger partial charge in [-0.25, -0.2) is 0 Å². The van der Waals surface area contributed by atoms with Crippen molar-refractivity contribution >= 4 is 5.78 Å². The average Bonchev–Trinajstić information content (AvgIpc) is 2.90. The van der Waals surface area contributed by atoms with Gasteiger partial charge in [0.25, 0.3) is 0 Å². The average molecular weight is 232 g/mol. The molecule has 0 aromatic rings. The van der Waals surface area contributed by atoms with Gasteiger partial charge in [-0.05, 0) is 37.9 Å². The van der Waals surface area contributed by atoms with Gasteiger partial charge in [-0.3, -0.25) is 9.69 Å². The quantitative estimate of drug-likeness (QED) is 0.683. The van der Waals surface area contributed by atoms with Crippen LogP contribution in [-0.2, 0) is 4.79 Å². The van der Waals surface area contributed by atoms with E-state index in [4.69, 9.17) is 0 Å². The van der Waals surface area contributed by atoms with Crippen molar-refractivity contribution in [3.8, 4) is 0 Å². The summed E-state index contributed by atoms with van der Waals surface area (Å²) < 4.78 is 0. The molecule has 3 nitrogen and oxygen atoms in total. The number of rotatable bonds is 0. The molecular weight excluding hydrogens is 212 g/mol. The lowest BCUT2D eigenvalue weighted by Gasteiger charge is -2.53. The highest BCUT2D eigenvalue weighted by Gasteiger charge is 2.59. The predicted molar refractivity (Wildman–Crippen MR) is 65.4 cm³/mol. The first-order chi connectivity index (χ1) is 8.30. The molecule has 4 rings (SSSR count). The molecule has 0 aromatic heterocycles. The summed E-state index contributed by atoms with van der Waals surface area (Å²) in [6.07, 6.45) is 9.78. The zero-order chi connectivity index (χ0) is 11.5. The zero-order valence-electron chi connectivity index (χ0n) is 10.2. The van der Waals surface area contributed by atoms with Crippen LogP contribution >= 0.6 is 0 Å². The second kappa shape index (κ2) is 3.35. The molecular formula is C14H20N2O. The molecule has 0 bridgehead atoms. The number of hydrogen-bond acceptors (Lipinski definition) is 3. The van der Waals surface area contributed by atoms with Crippen LogP contribution < -0.4 is 5.32 Å². The van der Waals surface area contributed by atoms with E-state index >= 15 is 0 Å². The summed E-state index contributed by atoms with van der Waals surface area (Å²) >= 11 is 0. The summed E-state index contributed by atoms with van der Waals surface area (Å²) in [4.78, 5) is 14.6. The normalized spacial score (nSPS) is 48.5. The Morgan fingerprint density at radius 3 is 3.12 bits per heavy atom. The molecule has 4 atom stereocenters. The SMILES string of the molecule is O=C1CCC2CCN3CCC4NC=CC4C23C1. The molecule has 17 heavy (non-hydrogen) atoms. The highest BCUT2D eigenvalue weighted by molar-refractivity contribution is 5.81. The lowest BCUT2D eigenvalue weighted by Crippen LogP contribution is -2.63. The number of nitrogens with zero attached hydrogens (tertiary/aromatic N) is 1. The molecule has 0 amide bonds. The summed E-state index contributed by atoms with van der Waals surface area (Å²) in [5.74, 6) is 1.83. The molecule has 4 unspecified atom stereocenters. The molecule has 4 aliphatic rings. The summed E-state index contributed by atoms with van der Waals surface area (Å²) in [5.41, 5.74) is 0.193. The third-order valence-corrected chi connectivity index (χ3v) is 5.63. The van der Waals surface area contributed by atoms with Crippen molar-refractivity contribution in [1.82, 2.24) is 10.2 Å². The Morgan fingerprint density at radius 2 is 2.18 bits per heavy atom. The predicted octanol–water partition coefficient (Wildman–Crippen LogP) is 1.31. The van der Waals surface area contributed by atoms with Crippen LogP contribution in [0.25, 0.3) is 0 Å². The first-order valence-electron chi connectivity index (χ1n) is 7.00. The molecule has 3 heteroatoms. The number of carbonyl (C=O) groups is 1. The fourth-order valence-corrected chi connectivity index (χ4v) is 4.93. The Kier molecular flexibility index (Phi) is 1.99. The maximum atomic E-state index is 12.0. The van der Waals surface area contributed by atoms with E-state index in [0.717, 1.165) is 25.2 Å². The van der Waals surface area contributed by atoms with Crippen LogP contribution in [0.2, 0.25) is 0 Å². The van der Waals surface area contributed by atoms with E-state index in [2.05, 4.69) is 22.5 Å². The Balaban J connectivity index is 1.78. The van der Waals surface area contributed by atoms with Crippen molar-refractivity contribution in [2.24, 2.45) is 11.8 Å². The molecule has 3 heterocycles. The largest absolute Gasteiger partial charge is 0.388 e. The minimum absolute atomic E-state index is 0.193. The van der Waals surface area contributed by atoms with Gasteiger partial charge in [0.15, 0.2) is 0 Å². The van der Waals surface area contributed by atoms with Crippen molar-refractivity contribution < 1.29 is 4.79 Å². The number of fused-ring (bicyclic) bond motifs is 1. The van der Waals surface area contributed by atoms with Gasteiger partial charge in [0.2, 0.25) is 0 Å². The lowest BCUT2D eigenvalue weighted by molar-refractivity contribution is -0.128. The van der Waals surface area contributed by atoms with Gasteiger partial charge in [0, 0.05) is 36.9 Å². The number of hydrogen-bond donors (Lipinski definition) is 1. The maximum Gasteiger partial charge on any atom is 0.134 e. The van der Waals surface area contributed by atoms with Gasteiger partial charge in [0.05, 0.1) is 0 Å². The maximum absolute atomic E-state index is 12.0. The van der Waals surface area contributed by atoms with Crippen molar-refractivity contribution in [1.29, 1.82) is 0 Å². The molecule has 1 spiro atoms. The molecule has 2 saturated heterocycles. The van der Waals surface area contributed by atoms with Crippen LogP contribution in [0.15, 0.2) is 12.3 Å². The Hall–Kier alpha value is -0.830. The second-order valence-electron chi connectivity index (χ2n) is 6.16. The van der Waals surface area contributed by atoms with Gasteiger partial charge in [-0.2, -0.15) is 0 Å². The fraction of sp³-hybridized carbons (Fsp3) is 0.786. The van der Waals surface area contributed by atoms with Crippen LogP contribution in [0.4, 0.5) is 0 Å². The highest BCUT2D eigenvalue weighted by Crippen LogP contribution is 2.53. The Morgan fingerprint density at radius 1 is 1.29 bits per heavy atom. The second-order valence-corrected chi connectivity index (χ2v) is 6.16. The molecule has 0 aromatic carbocycles. The number of carbonyl (C=O) groups excluding carboxylic acids is 1. The van der Waals surface area contributed by atoms with E-state index < -0.39 is 0 Å². The Labute approximate surface area is 102 Å².